The summed E-state index contributed by atoms with van der Waals surface area (Å²) >= 11 is 1.46. The zero-order valence-electron chi connectivity index (χ0n) is 13.8. The minimum atomic E-state index is -0.449. The molecule has 0 aliphatic carbocycles. The van der Waals surface area contributed by atoms with Gasteiger partial charge in [-0.25, -0.2) is 4.98 Å². The Hall–Kier alpha value is -2.67. The van der Waals surface area contributed by atoms with Crippen LogP contribution in [0.5, 0.6) is 5.75 Å². The molecule has 1 atom stereocenters. The molecule has 0 bridgehead atoms. The molecule has 1 aliphatic rings. The number of aromatic nitrogens is 1. The number of hydrogen-bond donors (Lipinski definition) is 1. The van der Waals surface area contributed by atoms with Crippen LogP contribution in [-0.2, 0) is 9.59 Å². The third kappa shape index (κ3) is 4.24. The summed E-state index contributed by atoms with van der Waals surface area (Å²) in [4.78, 5) is 30.7. The fraction of sp³-hybridized carbons (Fsp3) is 0.278. The largest absolute Gasteiger partial charge is 0.497 e. The first-order chi connectivity index (χ1) is 12.2. The molecule has 1 aromatic carbocycles. The molecule has 25 heavy (non-hydrogen) atoms. The molecular formula is C18H19N3O3S. The van der Waals surface area contributed by atoms with Crippen LogP contribution in [-0.4, -0.2) is 41.4 Å². The number of likely N-dealkylation sites (tertiary alicyclic amines) is 1. The van der Waals surface area contributed by atoms with Gasteiger partial charge in [0.2, 0.25) is 11.8 Å². The topological polar surface area (TPSA) is 71.5 Å². The van der Waals surface area contributed by atoms with Crippen molar-refractivity contribution in [3.05, 3.63) is 46.9 Å². The SMILES string of the molecule is COc1ccc(NC(=O)[C@H]2CCCN2C(=O)/C=C/c2nccs2)cc1. The van der Waals surface area contributed by atoms with E-state index < -0.39 is 6.04 Å². The van der Waals surface area contributed by atoms with Crippen LogP contribution in [0.2, 0.25) is 0 Å². The van der Waals surface area contributed by atoms with Gasteiger partial charge < -0.3 is 15.0 Å². The Labute approximate surface area is 150 Å². The summed E-state index contributed by atoms with van der Waals surface area (Å²) in [6.07, 6.45) is 6.34. The smallest absolute Gasteiger partial charge is 0.247 e. The van der Waals surface area contributed by atoms with E-state index in [1.165, 1.54) is 17.4 Å². The van der Waals surface area contributed by atoms with Gasteiger partial charge in [0, 0.05) is 29.9 Å². The monoisotopic (exact) mass is 357 g/mol. The molecular weight excluding hydrogens is 338 g/mol. The molecule has 7 heteroatoms. The summed E-state index contributed by atoms with van der Waals surface area (Å²) in [5.74, 6) is 0.393. The van der Waals surface area contributed by atoms with Crippen LogP contribution >= 0.6 is 11.3 Å². The maximum absolute atomic E-state index is 12.5. The number of amides is 2. The molecule has 1 saturated heterocycles. The van der Waals surface area contributed by atoms with E-state index in [0.717, 1.165) is 17.2 Å². The minimum Gasteiger partial charge on any atom is -0.497 e. The molecule has 1 N–H and O–H groups in total. The number of benzene rings is 1. The van der Waals surface area contributed by atoms with Crippen molar-refractivity contribution in [1.82, 2.24) is 9.88 Å². The highest BCUT2D eigenvalue weighted by atomic mass is 32.1. The van der Waals surface area contributed by atoms with Crippen molar-refractivity contribution in [3.63, 3.8) is 0 Å². The van der Waals surface area contributed by atoms with E-state index in [9.17, 15) is 9.59 Å². The molecule has 130 valence electrons. The number of ether oxygens (including phenoxy) is 1. The van der Waals surface area contributed by atoms with Gasteiger partial charge in [-0.3, -0.25) is 9.59 Å². The summed E-state index contributed by atoms with van der Waals surface area (Å²) < 4.78 is 5.10. The van der Waals surface area contributed by atoms with Gasteiger partial charge in [0.15, 0.2) is 0 Å². The van der Waals surface area contributed by atoms with Gasteiger partial charge in [-0.2, -0.15) is 0 Å². The van der Waals surface area contributed by atoms with E-state index in [2.05, 4.69) is 10.3 Å². The predicted octanol–water partition coefficient (Wildman–Crippen LogP) is 2.79. The number of rotatable bonds is 5. The lowest BCUT2D eigenvalue weighted by Crippen LogP contribution is -2.42. The standard InChI is InChI=1S/C18H19N3O3S/c1-24-14-6-4-13(5-7-14)20-18(23)15-3-2-11-21(15)17(22)9-8-16-19-10-12-25-16/h4-10,12,15H,2-3,11H2,1H3,(H,20,23)/b9-8+/t15-/m1/s1. The van der Waals surface area contributed by atoms with Crippen molar-refractivity contribution in [2.75, 3.05) is 19.0 Å². The number of thiazole rings is 1. The van der Waals surface area contributed by atoms with Crippen molar-refractivity contribution < 1.29 is 14.3 Å². The lowest BCUT2D eigenvalue weighted by molar-refractivity contribution is -0.132. The van der Waals surface area contributed by atoms with Crippen LogP contribution in [0.1, 0.15) is 17.8 Å². The first-order valence-corrected chi connectivity index (χ1v) is 8.88. The molecule has 1 aromatic heterocycles. The van der Waals surface area contributed by atoms with Crippen molar-refractivity contribution in [1.29, 1.82) is 0 Å². The maximum Gasteiger partial charge on any atom is 0.247 e. The van der Waals surface area contributed by atoms with Crippen molar-refractivity contribution >= 4 is 34.9 Å². The van der Waals surface area contributed by atoms with Gasteiger partial charge in [0.1, 0.15) is 16.8 Å². The van der Waals surface area contributed by atoms with Gasteiger partial charge in [0.25, 0.3) is 0 Å². The Balaban J connectivity index is 1.63. The number of nitrogens with zero attached hydrogens (tertiary/aromatic N) is 2. The molecule has 1 fully saturated rings. The number of carbonyl (C=O) groups is 2. The molecule has 0 radical (unpaired) electrons. The first-order valence-electron chi connectivity index (χ1n) is 8.00. The maximum atomic E-state index is 12.5. The highest BCUT2D eigenvalue weighted by molar-refractivity contribution is 7.10. The number of anilines is 1. The summed E-state index contributed by atoms with van der Waals surface area (Å²) in [5.41, 5.74) is 0.684. The Morgan fingerprint density at radius 3 is 2.84 bits per heavy atom. The van der Waals surface area contributed by atoms with Gasteiger partial charge in [0.05, 0.1) is 7.11 Å². The number of nitrogens with one attached hydrogen (secondary N) is 1. The van der Waals surface area contributed by atoms with E-state index in [0.29, 0.717) is 18.7 Å². The fourth-order valence-electron chi connectivity index (χ4n) is 2.76. The van der Waals surface area contributed by atoms with Crippen molar-refractivity contribution in [2.24, 2.45) is 0 Å². The Morgan fingerprint density at radius 2 is 2.16 bits per heavy atom. The van der Waals surface area contributed by atoms with Crippen LogP contribution in [0.4, 0.5) is 5.69 Å². The quantitative estimate of drug-likeness (QED) is 0.835. The third-order valence-electron chi connectivity index (χ3n) is 4.02. The van der Waals surface area contributed by atoms with Crippen LogP contribution < -0.4 is 10.1 Å². The van der Waals surface area contributed by atoms with E-state index in [1.54, 1.807) is 48.5 Å². The van der Waals surface area contributed by atoms with Gasteiger partial charge in [-0.15, -0.1) is 11.3 Å². The highest BCUT2D eigenvalue weighted by Crippen LogP contribution is 2.21. The minimum absolute atomic E-state index is 0.164. The van der Waals surface area contributed by atoms with Crippen LogP contribution in [0.3, 0.4) is 0 Å². The lowest BCUT2D eigenvalue weighted by atomic mass is 10.2. The highest BCUT2D eigenvalue weighted by Gasteiger charge is 2.33. The van der Waals surface area contributed by atoms with Gasteiger partial charge >= 0.3 is 0 Å². The van der Waals surface area contributed by atoms with Crippen molar-refractivity contribution in [3.8, 4) is 5.75 Å². The van der Waals surface area contributed by atoms with E-state index in [-0.39, 0.29) is 11.8 Å². The second-order valence-electron chi connectivity index (χ2n) is 5.61. The van der Waals surface area contributed by atoms with Crippen LogP contribution in [0.25, 0.3) is 6.08 Å². The number of carbonyl (C=O) groups excluding carboxylic acids is 2. The number of hydrogen-bond acceptors (Lipinski definition) is 5. The Morgan fingerprint density at radius 1 is 1.36 bits per heavy atom. The zero-order chi connectivity index (χ0) is 17.6. The Bertz CT molecular complexity index is 756. The van der Waals surface area contributed by atoms with E-state index >= 15 is 0 Å². The molecule has 0 unspecified atom stereocenters. The predicted molar refractivity (Wildman–Crippen MR) is 97.5 cm³/mol. The van der Waals surface area contributed by atoms with Crippen LogP contribution in [0, 0.1) is 0 Å². The third-order valence-corrected chi connectivity index (χ3v) is 4.76. The molecule has 2 amide bonds. The second kappa shape index (κ2) is 7.94. The fourth-order valence-corrected chi connectivity index (χ4v) is 3.29. The normalized spacial score (nSPS) is 17.0. The Kier molecular flexibility index (Phi) is 5.45. The van der Waals surface area contributed by atoms with Crippen LogP contribution in [0.15, 0.2) is 41.9 Å². The van der Waals surface area contributed by atoms with E-state index in [4.69, 9.17) is 4.74 Å². The average molecular weight is 357 g/mol. The average Bonchev–Trinajstić information content (AvgIpc) is 3.32. The van der Waals surface area contributed by atoms with Crippen molar-refractivity contribution in [2.45, 2.75) is 18.9 Å². The summed E-state index contributed by atoms with van der Waals surface area (Å²) in [7, 11) is 1.59. The molecule has 3 rings (SSSR count). The van der Waals surface area contributed by atoms with Gasteiger partial charge in [-0.1, -0.05) is 0 Å². The zero-order valence-corrected chi connectivity index (χ0v) is 14.7. The molecule has 6 nitrogen and oxygen atoms in total. The lowest BCUT2D eigenvalue weighted by Gasteiger charge is -2.22. The summed E-state index contributed by atoms with van der Waals surface area (Å²) in [5, 5.41) is 5.49. The molecule has 0 saturated carbocycles. The van der Waals surface area contributed by atoms with Gasteiger partial charge in [-0.05, 0) is 43.2 Å². The second-order valence-corrected chi connectivity index (χ2v) is 6.54. The van der Waals surface area contributed by atoms with E-state index in [1.807, 2.05) is 5.38 Å². The molecule has 2 heterocycles. The summed E-state index contributed by atoms with van der Waals surface area (Å²) in [6, 6.07) is 6.67. The first kappa shape index (κ1) is 17.2. The molecule has 0 spiro atoms. The molecule has 1 aliphatic heterocycles. The molecule has 2 aromatic rings. The summed E-state index contributed by atoms with van der Waals surface area (Å²) in [6.45, 7) is 0.585. The number of methoxy groups -OCH3 is 1.